The number of nitrogens with one attached hydrogen (secondary N) is 2. The number of carboxylic acids is 1. The summed E-state index contributed by atoms with van der Waals surface area (Å²) in [6, 6.07) is -1.64. The van der Waals surface area contributed by atoms with Crippen LogP contribution in [-0.2, 0) is 9.53 Å². The zero-order valence-electron chi connectivity index (χ0n) is 11.3. The predicted octanol–water partition coefficient (Wildman–Crippen LogP) is 0.156. The van der Waals surface area contributed by atoms with Gasteiger partial charge in [0.15, 0.2) is 0 Å². The number of hydrogen-bond acceptors (Lipinski definition) is 4. The van der Waals surface area contributed by atoms with Crippen molar-refractivity contribution in [2.24, 2.45) is 0 Å². The first-order valence-corrected chi connectivity index (χ1v) is 6.21. The van der Waals surface area contributed by atoms with Crippen molar-refractivity contribution in [3.8, 4) is 0 Å². The number of amides is 3. The van der Waals surface area contributed by atoms with Gasteiger partial charge in [-0.15, -0.1) is 6.58 Å². The monoisotopic (exact) mass is 285 g/mol. The van der Waals surface area contributed by atoms with Crippen LogP contribution in [0.25, 0.3) is 0 Å². The molecule has 20 heavy (non-hydrogen) atoms. The third-order valence-corrected chi connectivity index (χ3v) is 2.98. The van der Waals surface area contributed by atoms with E-state index in [1.54, 1.807) is 0 Å². The third-order valence-electron chi connectivity index (χ3n) is 2.98. The Morgan fingerprint density at radius 2 is 2.25 bits per heavy atom. The second-order valence-electron chi connectivity index (χ2n) is 4.43. The van der Waals surface area contributed by atoms with E-state index in [0.717, 1.165) is 0 Å². The van der Waals surface area contributed by atoms with Crippen molar-refractivity contribution in [3.05, 3.63) is 12.7 Å². The van der Waals surface area contributed by atoms with Crippen molar-refractivity contribution in [3.63, 3.8) is 0 Å². The van der Waals surface area contributed by atoms with Gasteiger partial charge in [-0.25, -0.2) is 14.4 Å². The number of urea groups is 1. The summed E-state index contributed by atoms with van der Waals surface area (Å²) in [5.41, 5.74) is 0. The standard InChI is InChI=1S/C12H19N3O5/c1-3-4-9(10(16)17)14-11(18)15-6-5-8(7-15)13-12(19)20-2/h3,8-9H,1,4-7H2,2H3,(H,13,19)(H,14,18)(H,16,17). The first kappa shape index (κ1) is 15.8. The maximum atomic E-state index is 11.9. The second kappa shape index (κ2) is 7.37. The lowest BCUT2D eigenvalue weighted by Gasteiger charge is -2.20. The van der Waals surface area contributed by atoms with Crippen molar-refractivity contribution in [2.75, 3.05) is 20.2 Å². The Labute approximate surface area is 116 Å². The van der Waals surface area contributed by atoms with Gasteiger partial charge in [0, 0.05) is 13.1 Å². The number of methoxy groups -OCH3 is 1. The van der Waals surface area contributed by atoms with Crippen molar-refractivity contribution < 1.29 is 24.2 Å². The van der Waals surface area contributed by atoms with Gasteiger partial charge in [0.1, 0.15) is 6.04 Å². The van der Waals surface area contributed by atoms with E-state index in [-0.39, 0.29) is 12.5 Å². The van der Waals surface area contributed by atoms with Crippen LogP contribution in [-0.4, -0.2) is 60.4 Å². The van der Waals surface area contributed by atoms with Crippen LogP contribution in [0.1, 0.15) is 12.8 Å². The van der Waals surface area contributed by atoms with Gasteiger partial charge < -0.3 is 25.4 Å². The largest absolute Gasteiger partial charge is 0.480 e. The minimum atomic E-state index is -1.11. The zero-order valence-corrected chi connectivity index (χ0v) is 11.3. The normalized spacial score (nSPS) is 19.1. The number of alkyl carbamates (subject to hydrolysis) is 1. The van der Waals surface area contributed by atoms with Crippen LogP contribution in [0.15, 0.2) is 12.7 Å². The molecule has 0 radical (unpaired) electrons. The Morgan fingerprint density at radius 1 is 1.55 bits per heavy atom. The van der Waals surface area contributed by atoms with Gasteiger partial charge >= 0.3 is 18.1 Å². The summed E-state index contributed by atoms with van der Waals surface area (Å²) in [7, 11) is 1.27. The van der Waals surface area contributed by atoms with Crippen molar-refractivity contribution in [1.29, 1.82) is 0 Å². The zero-order chi connectivity index (χ0) is 15.1. The van der Waals surface area contributed by atoms with Crippen LogP contribution in [0, 0.1) is 0 Å². The fourth-order valence-corrected chi connectivity index (χ4v) is 1.92. The van der Waals surface area contributed by atoms with Gasteiger partial charge in [-0.3, -0.25) is 0 Å². The summed E-state index contributed by atoms with van der Waals surface area (Å²) >= 11 is 0. The van der Waals surface area contributed by atoms with Crippen molar-refractivity contribution in [1.82, 2.24) is 15.5 Å². The van der Waals surface area contributed by atoms with E-state index < -0.39 is 24.1 Å². The SMILES string of the molecule is C=CCC(NC(=O)N1CCC(NC(=O)OC)C1)C(=O)O. The van der Waals surface area contributed by atoms with Gasteiger partial charge in [0.05, 0.1) is 13.2 Å². The Balaban J connectivity index is 2.47. The number of hydrogen-bond donors (Lipinski definition) is 3. The molecule has 112 valence electrons. The molecule has 1 fully saturated rings. The average Bonchev–Trinajstić information content (AvgIpc) is 2.86. The molecular weight excluding hydrogens is 266 g/mol. The summed E-state index contributed by atoms with van der Waals surface area (Å²) in [6.07, 6.45) is 1.64. The number of rotatable bonds is 5. The number of nitrogens with zero attached hydrogens (tertiary/aromatic N) is 1. The molecule has 2 atom stereocenters. The molecule has 0 aromatic heterocycles. The fourth-order valence-electron chi connectivity index (χ4n) is 1.92. The van der Waals surface area contributed by atoms with Crippen LogP contribution in [0.2, 0.25) is 0 Å². The summed E-state index contributed by atoms with van der Waals surface area (Å²) in [5, 5.41) is 14.0. The van der Waals surface area contributed by atoms with Gasteiger partial charge in [-0.1, -0.05) is 6.08 Å². The highest BCUT2D eigenvalue weighted by molar-refractivity contribution is 5.83. The Kier molecular flexibility index (Phi) is 5.82. The molecule has 0 saturated carbocycles. The summed E-state index contributed by atoms with van der Waals surface area (Å²) < 4.78 is 4.48. The molecule has 8 nitrogen and oxygen atoms in total. The highest BCUT2D eigenvalue weighted by Gasteiger charge is 2.29. The second-order valence-corrected chi connectivity index (χ2v) is 4.43. The van der Waals surface area contributed by atoms with Crippen LogP contribution < -0.4 is 10.6 Å². The molecule has 0 spiro atoms. The molecule has 1 aliphatic rings. The molecule has 3 amide bonds. The average molecular weight is 285 g/mol. The van der Waals surface area contributed by atoms with Gasteiger partial charge in [0.2, 0.25) is 0 Å². The molecule has 1 rings (SSSR count). The van der Waals surface area contributed by atoms with Crippen molar-refractivity contribution in [2.45, 2.75) is 24.9 Å². The van der Waals surface area contributed by atoms with E-state index in [9.17, 15) is 14.4 Å². The van der Waals surface area contributed by atoms with Crippen LogP contribution in [0.5, 0.6) is 0 Å². The molecule has 0 bridgehead atoms. The maximum absolute atomic E-state index is 11.9. The third kappa shape index (κ3) is 4.45. The summed E-state index contributed by atoms with van der Waals surface area (Å²) in [6.45, 7) is 4.22. The van der Waals surface area contributed by atoms with Crippen molar-refractivity contribution >= 4 is 18.1 Å². The van der Waals surface area contributed by atoms with Crippen LogP contribution in [0.4, 0.5) is 9.59 Å². The summed E-state index contributed by atoms with van der Waals surface area (Å²) in [4.78, 5) is 35.4. The number of likely N-dealkylation sites (tertiary alicyclic amines) is 1. The summed E-state index contributed by atoms with van der Waals surface area (Å²) in [5.74, 6) is -1.11. The lowest BCUT2D eigenvalue weighted by Crippen LogP contribution is -2.48. The quantitative estimate of drug-likeness (QED) is 0.623. The molecule has 2 unspecified atom stereocenters. The number of carboxylic acid groups (broad SMARTS) is 1. The number of carbonyl (C=O) groups excluding carboxylic acids is 2. The van der Waals surface area contributed by atoms with E-state index in [1.165, 1.54) is 18.1 Å². The highest BCUT2D eigenvalue weighted by atomic mass is 16.5. The first-order chi connectivity index (χ1) is 9.47. The Hall–Kier alpha value is -2.25. The molecule has 8 heteroatoms. The molecule has 0 aliphatic carbocycles. The molecule has 0 aromatic carbocycles. The number of carbonyl (C=O) groups is 3. The molecule has 1 saturated heterocycles. The van der Waals surface area contributed by atoms with Gasteiger partial charge in [0.25, 0.3) is 0 Å². The van der Waals surface area contributed by atoms with Gasteiger partial charge in [-0.2, -0.15) is 0 Å². The van der Waals surface area contributed by atoms with E-state index in [0.29, 0.717) is 19.5 Å². The molecule has 1 heterocycles. The van der Waals surface area contributed by atoms with E-state index in [4.69, 9.17) is 5.11 Å². The molecule has 0 aromatic rings. The lowest BCUT2D eigenvalue weighted by atomic mass is 10.2. The van der Waals surface area contributed by atoms with Crippen LogP contribution >= 0.6 is 0 Å². The van der Waals surface area contributed by atoms with Gasteiger partial charge in [-0.05, 0) is 12.8 Å². The minimum Gasteiger partial charge on any atom is -0.480 e. The first-order valence-electron chi connectivity index (χ1n) is 6.21. The van der Waals surface area contributed by atoms with E-state index in [1.807, 2.05) is 0 Å². The smallest absolute Gasteiger partial charge is 0.407 e. The number of aliphatic carboxylic acids is 1. The van der Waals surface area contributed by atoms with Crippen LogP contribution in [0.3, 0.4) is 0 Å². The topological polar surface area (TPSA) is 108 Å². The van der Waals surface area contributed by atoms with E-state index >= 15 is 0 Å². The molecule has 3 N–H and O–H groups in total. The Bertz CT molecular complexity index is 399. The number of ether oxygens (including phenoxy) is 1. The fraction of sp³-hybridized carbons (Fsp3) is 0.583. The minimum absolute atomic E-state index is 0.152. The molecule has 1 aliphatic heterocycles. The Morgan fingerprint density at radius 3 is 2.80 bits per heavy atom. The lowest BCUT2D eigenvalue weighted by molar-refractivity contribution is -0.139. The highest BCUT2D eigenvalue weighted by Crippen LogP contribution is 2.10. The maximum Gasteiger partial charge on any atom is 0.407 e. The van der Waals surface area contributed by atoms with E-state index in [2.05, 4.69) is 21.9 Å². The molecular formula is C12H19N3O5. The predicted molar refractivity (Wildman–Crippen MR) is 70.3 cm³/mol.